The molecule has 2 saturated heterocycles. The molecule has 4 rings (SSSR count). The molecule has 0 spiro atoms. The summed E-state index contributed by atoms with van der Waals surface area (Å²) < 4.78 is 5.84. The molecule has 5 nitrogen and oxygen atoms in total. The highest BCUT2D eigenvalue weighted by molar-refractivity contribution is 5.98. The van der Waals surface area contributed by atoms with Crippen LogP contribution in [-0.2, 0) is 14.3 Å². The van der Waals surface area contributed by atoms with Crippen LogP contribution in [0.25, 0.3) is 0 Å². The van der Waals surface area contributed by atoms with Crippen LogP contribution in [0.15, 0.2) is 24.3 Å². The van der Waals surface area contributed by atoms with E-state index < -0.39 is 0 Å². The smallest absolute Gasteiger partial charge is 0.229 e. The minimum Gasteiger partial charge on any atom is -0.376 e. The number of hydrogen-bond donors (Lipinski definition) is 0. The van der Waals surface area contributed by atoms with Crippen LogP contribution in [0.4, 0.5) is 0 Å². The minimum absolute atomic E-state index is 0.00324. The lowest BCUT2D eigenvalue weighted by Crippen LogP contribution is -2.46. The van der Waals surface area contributed by atoms with E-state index in [1.54, 1.807) is 0 Å². The van der Waals surface area contributed by atoms with Gasteiger partial charge in [-0.15, -0.1) is 0 Å². The molecule has 0 N–H and O–H groups in total. The molecule has 152 valence electrons. The molecule has 28 heavy (non-hydrogen) atoms. The quantitative estimate of drug-likeness (QED) is 0.557. The van der Waals surface area contributed by atoms with E-state index in [2.05, 4.69) is 29.2 Å². The van der Waals surface area contributed by atoms with E-state index in [1.807, 2.05) is 21.0 Å². The second-order valence-electron chi connectivity index (χ2n) is 9.48. The average molecular weight is 385 g/mol. The van der Waals surface area contributed by atoms with E-state index >= 15 is 0 Å². The summed E-state index contributed by atoms with van der Waals surface area (Å²) >= 11 is 0. The average Bonchev–Trinajstić information content (AvgIpc) is 3.16. The van der Waals surface area contributed by atoms with E-state index in [4.69, 9.17) is 4.74 Å². The molecule has 1 aromatic rings. The molecule has 2 fully saturated rings. The van der Waals surface area contributed by atoms with Crippen LogP contribution in [0, 0.1) is 11.3 Å². The maximum absolute atomic E-state index is 12.3. The molecule has 3 aliphatic rings. The Kier molecular flexibility index (Phi) is 5.32. The highest BCUT2D eigenvalue weighted by atomic mass is 16.5. The first-order valence-corrected chi connectivity index (χ1v) is 10.6. The Morgan fingerprint density at radius 2 is 1.64 bits per heavy atom. The monoisotopic (exact) mass is 384 g/mol. The van der Waals surface area contributed by atoms with Crippen LogP contribution in [0.2, 0.25) is 0 Å². The van der Waals surface area contributed by atoms with Crippen LogP contribution in [-0.4, -0.2) is 54.9 Å². The number of piperidine rings is 1. The first-order valence-electron chi connectivity index (χ1n) is 10.6. The van der Waals surface area contributed by atoms with Crippen LogP contribution in [0.5, 0.6) is 0 Å². The lowest BCUT2D eigenvalue weighted by molar-refractivity contribution is -0.152. The Bertz CT molecular complexity index is 740. The Morgan fingerprint density at radius 1 is 1.00 bits per heavy atom. The number of methoxy groups -OCH3 is 1. The standard InChI is InChI=1S/C23H32N2O3/c1-23(2)12-20(26)25(21(27)13-23)11-7-6-10-24-14-18-16-8-4-5-9-17(16)22(28-3)19(18)15-24/h4-5,8-9,18-19,22H,6-7,10-15H2,1-3H3. The zero-order valence-corrected chi connectivity index (χ0v) is 17.3. The maximum atomic E-state index is 12.3. The van der Waals surface area contributed by atoms with Gasteiger partial charge in [-0.1, -0.05) is 38.1 Å². The van der Waals surface area contributed by atoms with Crippen molar-refractivity contribution in [2.75, 3.05) is 33.3 Å². The molecule has 2 heterocycles. The van der Waals surface area contributed by atoms with Gasteiger partial charge in [0.15, 0.2) is 0 Å². The molecule has 2 amide bonds. The van der Waals surface area contributed by atoms with Gasteiger partial charge in [0, 0.05) is 51.4 Å². The van der Waals surface area contributed by atoms with Crippen molar-refractivity contribution in [2.24, 2.45) is 11.3 Å². The van der Waals surface area contributed by atoms with Crippen molar-refractivity contribution in [3.63, 3.8) is 0 Å². The van der Waals surface area contributed by atoms with Crippen molar-refractivity contribution >= 4 is 11.8 Å². The Labute approximate surface area is 168 Å². The summed E-state index contributed by atoms with van der Waals surface area (Å²) in [4.78, 5) is 28.6. The fourth-order valence-corrected chi connectivity index (χ4v) is 5.44. The predicted molar refractivity (Wildman–Crippen MR) is 108 cm³/mol. The van der Waals surface area contributed by atoms with E-state index in [-0.39, 0.29) is 23.3 Å². The zero-order valence-electron chi connectivity index (χ0n) is 17.3. The van der Waals surface area contributed by atoms with Crippen molar-refractivity contribution in [3.8, 4) is 0 Å². The van der Waals surface area contributed by atoms with Crippen LogP contribution >= 0.6 is 0 Å². The fraction of sp³-hybridized carbons (Fsp3) is 0.652. The highest BCUT2D eigenvalue weighted by Gasteiger charge is 2.46. The first-order chi connectivity index (χ1) is 13.4. The largest absolute Gasteiger partial charge is 0.376 e. The number of ether oxygens (including phenoxy) is 1. The molecular weight excluding hydrogens is 352 g/mol. The Morgan fingerprint density at radius 3 is 2.32 bits per heavy atom. The normalized spacial score (nSPS) is 29.2. The van der Waals surface area contributed by atoms with Crippen molar-refractivity contribution in [2.45, 2.75) is 51.6 Å². The van der Waals surface area contributed by atoms with Crippen molar-refractivity contribution in [1.82, 2.24) is 9.80 Å². The van der Waals surface area contributed by atoms with Gasteiger partial charge in [0.25, 0.3) is 0 Å². The number of carbonyl (C=O) groups is 2. The van der Waals surface area contributed by atoms with E-state index in [0.717, 1.165) is 32.5 Å². The summed E-state index contributed by atoms with van der Waals surface area (Å²) in [6.07, 6.45) is 3.06. The summed E-state index contributed by atoms with van der Waals surface area (Å²) in [6, 6.07) is 8.70. The van der Waals surface area contributed by atoms with Gasteiger partial charge in [0.05, 0.1) is 6.10 Å². The molecular formula is C23H32N2O3. The molecule has 1 aliphatic carbocycles. The summed E-state index contributed by atoms with van der Waals surface area (Å²) in [5, 5.41) is 0. The molecule has 0 bridgehead atoms. The van der Waals surface area contributed by atoms with Crippen molar-refractivity contribution in [3.05, 3.63) is 35.4 Å². The number of hydrogen-bond acceptors (Lipinski definition) is 4. The van der Waals surface area contributed by atoms with Gasteiger partial charge in [-0.05, 0) is 35.9 Å². The molecule has 0 radical (unpaired) electrons. The number of likely N-dealkylation sites (tertiary alicyclic amines) is 2. The number of imide groups is 1. The van der Waals surface area contributed by atoms with E-state index in [9.17, 15) is 9.59 Å². The van der Waals surface area contributed by atoms with Crippen molar-refractivity contribution < 1.29 is 14.3 Å². The second-order valence-corrected chi connectivity index (χ2v) is 9.48. The number of carbonyl (C=O) groups excluding carboxylic acids is 2. The molecule has 5 heteroatoms. The lowest BCUT2D eigenvalue weighted by atomic mass is 9.82. The van der Waals surface area contributed by atoms with E-state index in [0.29, 0.717) is 31.2 Å². The number of benzene rings is 1. The number of amides is 2. The molecule has 1 aromatic carbocycles. The summed E-state index contributed by atoms with van der Waals surface area (Å²) in [7, 11) is 1.82. The predicted octanol–water partition coefficient (Wildman–Crippen LogP) is 3.36. The van der Waals surface area contributed by atoms with Gasteiger partial charge in [-0.25, -0.2) is 0 Å². The van der Waals surface area contributed by atoms with Gasteiger partial charge in [-0.3, -0.25) is 14.5 Å². The third-order valence-electron chi connectivity index (χ3n) is 6.75. The Balaban J connectivity index is 1.27. The Hall–Kier alpha value is -1.72. The van der Waals surface area contributed by atoms with Crippen LogP contribution < -0.4 is 0 Å². The van der Waals surface area contributed by atoms with Crippen LogP contribution in [0.3, 0.4) is 0 Å². The molecule has 0 aromatic heterocycles. The van der Waals surface area contributed by atoms with Crippen LogP contribution in [0.1, 0.15) is 62.7 Å². The maximum Gasteiger partial charge on any atom is 0.229 e. The minimum atomic E-state index is -0.188. The van der Waals surface area contributed by atoms with Crippen molar-refractivity contribution in [1.29, 1.82) is 0 Å². The molecule has 0 saturated carbocycles. The summed E-state index contributed by atoms with van der Waals surface area (Å²) in [5.41, 5.74) is 2.63. The van der Waals surface area contributed by atoms with Gasteiger partial charge in [-0.2, -0.15) is 0 Å². The second kappa shape index (κ2) is 7.60. The number of rotatable bonds is 6. The molecule has 3 unspecified atom stereocenters. The third kappa shape index (κ3) is 3.62. The summed E-state index contributed by atoms with van der Waals surface area (Å²) in [6.45, 7) is 7.72. The number of nitrogens with zero attached hydrogens (tertiary/aromatic N) is 2. The zero-order chi connectivity index (χ0) is 19.9. The first kappa shape index (κ1) is 19.6. The van der Waals surface area contributed by atoms with Gasteiger partial charge in [0.2, 0.25) is 11.8 Å². The van der Waals surface area contributed by atoms with E-state index in [1.165, 1.54) is 16.0 Å². The third-order valence-corrected chi connectivity index (χ3v) is 6.75. The lowest BCUT2D eigenvalue weighted by Gasteiger charge is -2.34. The SMILES string of the molecule is COC1c2ccccc2C2CN(CCCCN3C(=O)CC(C)(C)CC3=O)CC21. The van der Waals surface area contributed by atoms with Gasteiger partial charge in [0.1, 0.15) is 0 Å². The van der Waals surface area contributed by atoms with Gasteiger partial charge < -0.3 is 9.64 Å². The molecule has 3 atom stereocenters. The molecule has 2 aliphatic heterocycles. The number of unbranched alkanes of at least 4 members (excludes halogenated alkanes) is 1. The van der Waals surface area contributed by atoms with Gasteiger partial charge >= 0.3 is 0 Å². The highest BCUT2D eigenvalue weighted by Crippen LogP contribution is 2.50. The summed E-state index contributed by atoms with van der Waals surface area (Å²) in [5.74, 6) is 1.09. The fourth-order valence-electron chi connectivity index (χ4n) is 5.44. The topological polar surface area (TPSA) is 49.9 Å². The number of fused-ring (bicyclic) bond motifs is 3.